The third kappa shape index (κ3) is 5.98. The van der Waals surface area contributed by atoms with Gasteiger partial charge in [-0.3, -0.25) is 4.79 Å². The number of hydrogen-bond acceptors (Lipinski definition) is 6. The van der Waals surface area contributed by atoms with Crippen LogP contribution in [0, 0.1) is 5.41 Å². The smallest absolute Gasteiger partial charge is 0.331 e. The van der Waals surface area contributed by atoms with Gasteiger partial charge in [0.2, 0.25) is 10.0 Å². The van der Waals surface area contributed by atoms with E-state index in [0.29, 0.717) is 31.9 Å². The average molecular weight is 395 g/mol. The molecule has 1 fully saturated rings. The zero-order valence-corrected chi connectivity index (χ0v) is 16.6. The van der Waals surface area contributed by atoms with Gasteiger partial charge < -0.3 is 9.47 Å². The van der Waals surface area contributed by atoms with Crippen molar-refractivity contribution in [1.29, 1.82) is 0 Å². The Morgan fingerprint density at radius 3 is 2.30 bits per heavy atom. The highest BCUT2D eigenvalue weighted by Crippen LogP contribution is 2.18. The second-order valence-electron chi connectivity index (χ2n) is 7.20. The SMILES string of the molecule is CC(C)(C)C(=O)COC(=O)C=Cc1ccc(S(=O)(=O)N2CCOCC2)cc1. The monoisotopic (exact) mass is 395 g/mol. The fraction of sp³-hybridized carbons (Fsp3) is 0.474. The van der Waals surface area contributed by atoms with Crippen molar-refractivity contribution in [2.75, 3.05) is 32.9 Å². The second-order valence-corrected chi connectivity index (χ2v) is 9.14. The van der Waals surface area contributed by atoms with Crippen LogP contribution in [0.1, 0.15) is 26.3 Å². The lowest BCUT2D eigenvalue weighted by Gasteiger charge is -2.26. The Balaban J connectivity index is 1.96. The van der Waals surface area contributed by atoms with Gasteiger partial charge in [-0.1, -0.05) is 32.9 Å². The molecule has 1 aliphatic heterocycles. The van der Waals surface area contributed by atoms with Crippen LogP contribution < -0.4 is 0 Å². The summed E-state index contributed by atoms with van der Waals surface area (Å²) in [5, 5.41) is 0. The van der Waals surface area contributed by atoms with Gasteiger partial charge in [-0.25, -0.2) is 13.2 Å². The zero-order chi connectivity index (χ0) is 20.1. The Morgan fingerprint density at radius 1 is 1.15 bits per heavy atom. The van der Waals surface area contributed by atoms with Gasteiger partial charge >= 0.3 is 5.97 Å². The van der Waals surface area contributed by atoms with Gasteiger partial charge in [-0.15, -0.1) is 0 Å². The summed E-state index contributed by atoms with van der Waals surface area (Å²) >= 11 is 0. The maximum absolute atomic E-state index is 12.5. The van der Waals surface area contributed by atoms with Gasteiger partial charge in [0, 0.05) is 24.6 Å². The number of morpholine rings is 1. The lowest BCUT2D eigenvalue weighted by Crippen LogP contribution is -2.40. The molecule has 1 aromatic carbocycles. The minimum atomic E-state index is -3.54. The van der Waals surface area contributed by atoms with E-state index in [0.717, 1.165) is 0 Å². The summed E-state index contributed by atoms with van der Waals surface area (Å²) in [4.78, 5) is 23.6. The summed E-state index contributed by atoms with van der Waals surface area (Å²) < 4.78 is 36.6. The first-order valence-corrected chi connectivity index (χ1v) is 10.1. The largest absolute Gasteiger partial charge is 0.455 e. The van der Waals surface area contributed by atoms with Crippen LogP contribution in [0.4, 0.5) is 0 Å². The summed E-state index contributed by atoms with van der Waals surface area (Å²) in [6.45, 7) is 6.44. The Kier molecular flexibility index (Phi) is 6.91. The summed E-state index contributed by atoms with van der Waals surface area (Å²) in [6, 6.07) is 6.21. The summed E-state index contributed by atoms with van der Waals surface area (Å²) in [5.74, 6) is -0.792. The van der Waals surface area contributed by atoms with E-state index in [1.54, 1.807) is 32.9 Å². The maximum atomic E-state index is 12.5. The molecule has 0 aromatic heterocycles. The number of nitrogens with zero attached hydrogens (tertiary/aromatic N) is 1. The summed E-state index contributed by atoms with van der Waals surface area (Å²) in [6.07, 6.45) is 2.72. The van der Waals surface area contributed by atoms with Crippen molar-refractivity contribution in [1.82, 2.24) is 4.31 Å². The number of benzene rings is 1. The molecule has 0 N–H and O–H groups in total. The number of esters is 1. The van der Waals surface area contributed by atoms with Crippen molar-refractivity contribution < 1.29 is 27.5 Å². The van der Waals surface area contributed by atoms with Gasteiger partial charge in [0.25, 0.3) is 0 Å². The molecule has 0 aliphatic carbocycles. The Morgan fingerprint density at radius 2 is 1.74 bits per heavy atom. The van der Waals surface area contributed by atoms with Crippen LogP contribution >= 0.6 is 0 Å². The van der Waals surface area contributed by atoms with Crippen molar-refractivity contribution in [2.45, 2.75) is 25.7 Å². The quantitative estimate of drug-likeness (QED) is 0.540. The minimum absolute atomic E-state index is 0.165. The van der Waals surface area contributed by atoms with Crippen molar-refractivity contribution in [3.8, 4) is 0 Å². The van der Waals surface area contributed by atoms with Gasteiger partial charge in [-0.2, -0.15) is 4.31 Å². The first-order valence-electron chi connectivity index (χ1n) is 8.67. The van der Waals surface area contributed by atoms with Crippen LogP contribution in [0.25, 0.3) is 6.08 Å². The number of rotatable bonds is 6. The number of carbonyl (C=O) groups excluding carboxylic acids is 2. The highest BCUT2D eigenvalue weighted by Gasteiger charge is 2.26. The van der Waals surface area contributed by atoms with Crippen molar-refractivity contribution >= 4 is 27.9 Å². The number of ether oxygens (including phenoxy) is 2. The van der Waals surface area contributed by atoms with E-state index in [1.165, 1.54) is 28.6 Å². The van der Waals surface area contributed by atoms with Gasteiger partial charge in [-0.05, 0) is 23.8 Å². The molecule has 0 amide bonds. The van der Waals surface area contributed by atoms with Crippen LogP contribution in [-0.2, 0) is 29.1 Å². The normalized spacial score (nSPS) is 16.4. The van der Waals surface area contributed by atoms with E-state index < -0.39 is 21.4 Å². The third-order valence-corrected chi connectivity index (χ3v) is 5.99. The molecule has 1 aliphatic rings. The third-order valence-electron chi connectivity index (χ3n) is 4.08. The fourth-order valence-electron chi connectivity index (χ4n) is 2.25. The molecule has 1 heterocycles. The number of Topliss-reactive ketones (excluding diaryl/α,β-unsaturated/α-hetero) is 1. The molecule has 148 valence electrons. The zero-order valence-electron chi connectivity index (χ0n) is 15.8. The molecule has 1 aromatic rings. The predicted molar refractivity (Wildman–Crippen MR) is 100 cm³/mol. The molecule has 7 nitrogen and oxygen atoms in total. The molecule has 27 heavy (non-hydrogen) atoms. The Hall–Kier alpha value is -2.03. The van der Waals surface area contributed by atoms with Gasteiger partial charge in [0.15, 0.2) is 12.4 Å². The first-order chi connectivity index (χ1) is 12.6. The molecule has 1 saturated heterocycles. The van der Waals surface area contributed by atoms with Crippen molar-refractivity contribution in [3.05, 3.63) is 35.9 Å². The molecule has 0 atom stereocenters. The molecule has 2 rings (SSSR count). The molecule has 0 radical (unpaired) electrons. The molecule has 0 unspecified atom stereocenters. The van der Waals surface area contributed by atoms with E-state index in [2.05, 4.69) is 0 Å². The van der Waals surface area contributed by atoms with Crippen LogP contribution in [0.15, 0.2) is 35.2 Å². The number of sulfonamides is 1. The minimum Gasteiger partial charge on any atom is -0.455 e. The summed E-state index contributed by atoms with van der Waals surface area (Å²) in [5.41, 5.74) is 0.0845. The van der Waals surface area contributed by atoms with Crippen LogP contribution in [0.5, 0.6) is 0 Å². The highest BCUT2D eigenvalue weighted by atomic mass is 32.2. The molecule has 0 bridgehead atoms. The Bertz CT molecular complexity index is 800. The van der Waals surface area contributed by atoms with Crippen molar-refractivity contribution in [2.24, 2.45) is 5.41 Å². The number of ketones is 1. The summed E-state index contributed by atoms with van der Waals surface area (Å²) in [7, 11) is -3.54. The molecular formula is C19H25NO6S. The first kappa shape index (κ1) is 21.3. The van der Waals surface area contributed by atoms with E-state index >= 15 is 0 Å². The maximum Gasteiger partial charge on any atom is 0.331 e. The molecule has 0 saturated carbocycles. The van der Waals surface area contributed by atoms with E-state index in [1.807, 2.05) is 0 Å². The lowest BCUT2D eigenvalue weighted by molar-refractivity contribution is -0.145. The topological polar surface area (TPSA) is 90.0 Å². The van der Waals surface area contributed by atoms with Gasteiger partial charge in [0.05, 0.1) is 18.1 Å². The predicted octanol–water partition coefficient (Wildman–Crippen LogP) is 1.88. The van der Waals surface area contributed by atoms with Gasteiger partial charge in [0.1, 0.15) is 0 Å². The number of hydrogen-bond donors (Lipinski definition) is 0. The molecule has 8 heteroatoms. The Labute approximate surface area is 160 Å². The van der Waals surface area contributed by atoms with Crippen LogP contribution in [0.2, 0.25) is 0 Å². The molecule has 0 spiro atoms. The highest BCUT2D eigenvalue weighted by molar-refractivity contribution is 7.89. The van der Waals surface area contributed by atoms with Crippen molar-refractivity contribution in [3.63, 3.8) is 0 Å². The van der Waals surface area contributed by atoms with E-state index in [4.69, 9.17) is 9.47 Å². The van der Waals surface area contributed by atoms with Crippen LogP contribution in [-0.4, -0.2) is 57.4 Å². The standard InChI is InChI=1S/C19H25NO6S/c1-19(2,3)17(21)14-26-18(22)9-6-15-4-7-16(8-5-15)27(23,24)20-10-12-25-13-11-20/h4-9H,10-14H2,1-3H3. The van der Waals surface area contributed by atoms with E-state index in [9.17, 15) is 18.0 Å². The number of carbonyl (C=O) groups is 2. The van der Waals surface area contributed by atoms with Crippen LogP contribution in [0.3, 0.4) is 0 Å². The lowest BCUT2D eigenvalue weighted by atomic mass is 9.91. The molecular weight excluding hydrogens is 370 g/mol. The second kappa shape index (κ2) is 8.77. The van der Waals surface area contributed by atoms with E-state index in [-0.39, 0.29) is 17.3 Å². The fourth-order valence-corrected chi connectivity index (χ4v) is 3.66. The average Bonchev–Trinajstić information content (AvgIpc) is 2.64.